The van der Waals surface area contributed by atoms with Gasteiger partial charge in [-0.15, -0.1) is 5.10 Å². The summed E-state index contributed by atoms with van der Waals surface area (Å²) in [5.41, 5.74) is 9.09. The first-order valence-electron chi connectivity index (χ1n) is 9.24. The maximum Gasteiger partial charge on any atom is 0.294 e. The molecule has 0 aliphatic heterocycles. The molecule has 0 atom stereocenters. The number of nitro groups is 1. The quantitative estimate of drug-likeness (QED) is 0.238. The number of aromatic nitrogens is 5. The van der Waals surface area contributed by atoms with Crippen molar-refractivity contribution in [2.75, 3.05) is 12.8 Å². The van der Waals surface area contributed by atoms with Crippen LogP contribution in [-0.2, 0) is 0 Å². The number of nitrogens with zero attached hydrogens (tertiary/aromatic N) is 7. The van der Waals surface area contributed by atoms with E-state index in [9.17, 15) is 14.9 Å². The second kappa shape index (κ2) is 8.93. The predicted molar refractivity (Wildman–Crippen MR) is 114 cm³/mol. The minimum Gasteiger partial charge on any atom is -0.497 e. The minimum absolute atomic E-state index is 0.0412. The molecule has 0 saturated carbocycles. The van der Waals surface area contributed by atoms with Crippen molar-refractivity contribution in [3.8, 4) is 22.8 Å². The standard InChI is InChI=1S/C19H15N9O5/c1-32-14-7-3-5-12(9-14)16-15(22-26-27(16)18-17(20)24-33-25-18)19(29)23-21-10-11-4-2-6-13(8-11)28(30)31/h2-10H,1H3,(H2,20,24)(H,23,29)/b21-10-. The molecule has 166 valence electrons. The molecule has 4 aromatic rings. The van der Waals surface area contributed by atoms with E-state index >= 15 is 0 Å². The third-order valence-electron chi connectivity index (χ3n) is 4.39. The van der Waals surface area contributed by atoms with E-state index in [0.29, 0.717) is 16.9 Å². The number of carbonyl (C=O) groups is 1. The molecule has 33 heavy (non-hydrogen) atoms. The first-order chi connectivity index (χ1) is 16.0. The monoisotopic (exact) mass is 449 g/mol. The number of benzene rings is 2. The molecule has 0 bridgehead atoms. The fourth-order valence-electron chi connectivity index (χ4n) is 2.89. The van der Waals surface area contributed by atoms with Gasteiger partial charge in [0.25, 0.3) is 11.6 Å². The Bertz CT molecular complexity index is 1360. The van der Waals surface area contributed by atoms with E-state index in [0.717, 1.165) is 0 Å². The van der Waals surface area contributed by atoms with E-state index < -0.39 is 10.8 Å². The lowest BCUT2D eigenvalue weighted by Crippen LogP contribution is -2.19. The third kappa shape index (κ3) is 4.34. The maximum atomic E-state index is 12.9. The molecule has 14 heteroatoms. The Labute approximate surface area is 184 Å². The van der Waals surface area contributed by atoms with Crippen molar-refractivity contribution in [3.05, 3.63) is 69.9 Å². The highest BCUT2D eigenvalue weighted by atomic mass is 16.6. The molecule has 2 aromatic carbocycles. The molecular weight excluding hydrogens is 434 g/mol. The summed E-state index contributed by atoms with van der Waals surface area (Å²) in [5, 5.41) is 29.9. The third-order valence-corrected chi connectivity index (χ3v) is 4.39. The Morgan fingerprint density at radius 2 is 2.09 bits per heavy atom. The van der Waals surface area contributed by atoms with Crippen molar-refractivity contribution < 1.29 is 19.1 Å². The van der Waals surface area contributed by atoms with E-state index in [4.69, 9.17) is 10.5 Å². The highest BCUT2D eigenvalue weighted by Gasteiger charge is 2.25. The highest BCUT2D eigenvalue weighted by Crippen LogP contribution is 2.29. The molecule has 4 rings (SSSR count). The largest absolute Gasteiger partial charge is 0.497 e. The van der Waals surface area contributed by atoms with Crippen LogP contribution in [0.1, 0.15) is 16.1 Å². The molecule has 2 aromatic heterocycles. The van der Waals surface area contributed by atoms with Crippen LogP contribution in [0.5, 0.6) is 5.75 Å². The molecule has 0 aliphatic carbocycles. The topological polar surface area (TPSA) is 189 Å². The lowest BCUT2D eigenvalue weighted by Gasteiger charge is -2.07. The van der Waals surface area contributed by atoms with Gasteiger partial charge in [0.05, 0.1) is 18.2 Å². The summed E-state index contributed by atoms with van der Waals surface area (Å²) in [7, 11) is 1.50. The second-order valence-corrected chi connectivity index (χ2v) is 6.45. The van der Waals surface area contributed by atoms with Crippen LogP contribution in [0, 0.1) is 10.1 Å². The van der Waals surface area contributed by atoms with Gasteiger partial charge >= 0.3 is 0 Å². The number of hydrazone groups is 1. The van der Waals surface area contributed by atoms with Crippen LogP contribution >= 0.6 is 0 Å². The summed E-state index contributed by atoms with van der Waals surface area (Å²) in [4.78, 5) is 23.2. The summed E-state index contributed by atoms with van der Waals surface area (Å²) in [6, 6.07) is 12.6. The molecule has 1 amide bonds. The minimum atomic E-state index is -0.698. The number of nitro benzene ring substituents is 1. The van der Waals surface area contributed by atoms with Crippen molar-refractivity contribution in [3.63, 3.8) is 0 Å². The number of methoxy groups -OCH3 is 1. The van der Waals surface area contributed by atoms with E-state index in [1.54, 1.807) is 30.3 Å². The number of carbonyl (C=O) groups excluding carboxylic acids is 1. The Balaban J connectivity index is 1.68. The van der Waals surface area contributed by atoms with Gasteiger partial charge in [0, 0.05) is 23.3 Å². The van der Waals surface area contributed by atoms with Gasteiger partial charge in [0.2, 0.25) is 11.6 Å². The number of non-ortho nitro benzene ring substituents is 1. The number of hydrogen-bond acceptors (Lipinski definition) is 11. The summed E-state index contributed by atoms with van der Waals surface area (Å²) in [5.74, 6) is -0.184. The zero-order valence-electron chi connectivity index (χ0n) is 16.9. The van der Waals surface area contributed by atoms with Gasteiger partial charge in [0.15, 0.2) is 5.69 Å². The molecule has 0 unspecified atom stereocenters. The Hall–Kier alpha value is -5.14. The number of rotatable bonds is 7. The van der Waals surface area contributed by atoms with Crippen molar-refractivity contribution in [1.29, 1.82) is 0 Å². The number of nitrogens with one attached hydrogen (secondary N) is 1. The SMILES string of the molecule is COc1cccc(-c2c(C(=O)N/N=C\c3cccc([N+](=O)[O-])c3)nnn2-c2nonc2N)c1. The summed E-state index contributed by atoms with van der Waals surface area (Å²) in [6.45, 7) is 0. The van der Waals surface area contributed by atoms with Gasteiger partial charge in [0.1, 0.15) is 11.4 Å². The van der Waals surface area contributed by atoms with Gasteiger partial charge in [-0.1, -0.05) is 29.5 Å². The van der Waals surface area contributed by atoms with Gasteiger partial charge in [-0.25, -0.2) is 10.1 Å². The smallest absolute Gasteiger partial charge is 0.294 e. The van der Waals surface area contributed by atoms with Gasteiger partial charge in [-0.3, -0.25) is 14.9 Å². The first-order valence-corrected chi connectivity index (χ1v) is 9.24. The van der Waals surface area contributed by atoms with Gasteiger partial charge in [-0.05, 0) is 22.4 Å². The van der Waals surface area contributed by atoms with Crippen LogP contribution < -0.4 is 15.9 Å². The van der Waals surface area contributed by atoms with E-state index in [1.165, 1.54) is 36.2 Å². The van der Waals surface area contributed by atoms with E-state index in [1.807, 2.05) is 0 Å². The summed E-state index contributed by atoms with van der Waals surface area (Å²) >= 11 is 0. The van der Waals surface area contributed by atoms with Crippen LogP contribution in [0.3, 0.4) is 0 Å². The van der Waals surface area contributed by atoms with Crippen LogP contribution in [-0.4, -0.2) is 49.5 Å². The maximum absolute atomic E-state index is 12.9. The van der Waals surface area contributed by atoms with Crippen molar-refractivity contribution >= 4 is 23.6 Å². The number of ether oxygens (including phenoxy) is 1. The van der Waals surface area contributed by atoms with Gasteiger partial charge in [-0.2, -0.15) is 9.78 Å². The lowest BCUT2D eigenvalue weighted by atomic mass is 10.1. The van der Waals surface area contributed by atoms with Crippen LogP contribution in [0.25, 0.3) is 17.1 Å². The molecule has 0 radical (unpaired) electrons. The van der Waals surface area contributed by atoms with Gasteiger partial charge < -0.3 is 10.5 Å². The molecule has 0 fully saturated rings. The van der Waals surface area contributed by atoms with Crippen LogP contribution in [0.2, 0.25) is 0 Å². The Kier molecular flexibility index (Phi) is 5.71. The average molecular weight is 449 g/mol. The molecule has 3 N–H and O–H groups in total. The molecule has 2 heterocycles. The normalized spacial score (nSPS) is 10.9. The number of amides is 1. The zero-order valence-corrected chi connectivity index (χ0v) is 16.9. The number of nitrogen functional groups attached to an aromatic ring is 1. The summed E-state index contributed by atoms with van der Waals surface area (Å²) < 4.78 is 11.1. The predicted octanol–water partition coefficient (Wildman–Crippen LogP) is 1.58. The Morgan fingerprint density at radius 3 is 2.82 bits per heavy atom. The lowest BCUT2D eigenvalue weighted by molar-refractivity contribution is -0.384. The number of anilines is 1. The molecular formula is C19H15N9O5. The Morgan fingerprint density at radius 1 is 1.27 bits per heavy atom. The highest BCUT2D eigenvalue weighted by molar-refractivity contribution is 5.99. The molecule has 14 nitrogen and oxygen atoms in total. The summed E-state index contributed by atoms with van der Waals surface area (Å²) in [6.07, 6.45) is 1.26. The fraction of sp³-hybridized carbons (Fsp3) is 0.0526. The fourth-order valence-corrected chi connectivity index (χ4v) is 2.89. The van der Waals surface area contributed by atoms with Crippen molar-refractivity contribution in [2.24, 2.45) is 5.10 Å². The van der Waals surface area contributed by atoms with Crippen LogP contribution in [0.4, 0.5) is 11.5 Å². The molecule has 0 spiro atoms. The zero-order chi connectivity index (χ0) is 23.4. The number of hydrogen-bond donors (Lipinski definition) is 2. The molecule has 0 saturated heterocycles. The first kappa shape index (κ1) is 21.1. The number of nitrogens with two attached hydrogens (primary N) is 1. The van der Waals surface area contributed by atoms with E-state index in [2.05, 4.69) is 35.8 Å². The van der Waals surface area contributed by atoms with E-state index in [-0.39, 0.29) is 28.7 Å². The molecule has 0 aliphatic rings. The van der Waals surface area contributed by atoms with Crippen molar-refractivity contribution in [1.82, 2.24) is 30.7 Å². The van der Waals surface area contributed by atoms with Crippen LogP contribution in [0.15, 0.2) is 58.3 Å². The van der Waals surface area contributed by atoms with Crippen molar-refractivity contribution in [2.45, 2.75) is 0 Å². The second-order valence-electron chi connectivity index (χ2n) is 6.45. The average Bonchev–Trinajstić information content (AvgIpc) is 3.45.